The zero-order valence-corrected chi connectivity index (χ0v) is 10.3. The van der Waals surface area contributed by atoms with E-state index in [2.05, 4.69) is 0 Å². The summed E-state index contributed by atoms with van der Waals surface area (Å²) in [5.74, 6) is -7.17. The molecule has 0 saturated carbocycles. The molecule has 0 bridgehead atoms. The minimum atomic E-state index is -1.74. The Morgan fingerprint density at radius 3 is 2.10 bits per heavy atom. The number of hydrogen-bond acceptors (Lipinski definition) is 2. The van der Waals surface area contributed by atoms with Gasteiger partial charge in [-0.1, -0.05) is 18.2 Å². The zero-order chi connectivity index (χ0) is 15.1. The van der Waals surface area contributed by atoms with Crippen molar-refractivity contribution >= 4 is 11.0 Å². The molecule has 0 amide bonds. The number of nitrogens with zero attached hydrogens (tertiary/aromatic N) is 1. The van der Waals surface area contributed by atoms with E-state index in [1.807, 2.05) is 0 Å². The van der Waals surface area contributed by atoms with E-state index in [0.29, 0.717) is 11.0 Å². The Balaban J connectivity index is 2.35. The molecule has 1 heterocycles. The Bertz CT molecular complexity index is 846. The van der Waals surface area contributed by atoms with Gasteiger partial charge in [-0.05, 0) is 12.1 Å². The maximum atomic E-state index is 13.9. The van der Waals surface area contributed by atoms with Crippen molar-refractivity contribution in [1.82, 2.24) is 0 Å². The Hall–Kier alpha value is -2.81. The number of hydrogen-bond donors (Lipinski definition) is 0. The summed E-state index contributed by atoms with van der Waals surface area (Å²) in [4.78, 5) is 0. The van der Waals surface area contributed by atoms with E-state index in [1.54, 1.807) is 24.3 Å². The zero-order valence-electron chi connectivity index (χ0n) is 10.3. The minimum absolute atomic E-state index is 0.316. The smallest absolute Gasteiger partial charge is 0.180 e. The fourth-order valence-corrected chi connectivity index (χ4v) is 2.05. The van der Waals surface area contributed by atoms with E-state index < -0.39 is 34.4 Å². The molecule has 0 aliphatic rings. The van der Waals surface area contributed by atoms with Gasteiger partial charge in [-0.3, -0.25) is 0 Å². The van der Waals surface area contributed by atoms with Crippen LogP contribution in [0.25, 0.3) is 22.3 Å². The normalized spacial score (nSPS) is 10.8. The first-order chi connectivity index (χ1) is 10.0. The van der Waals surface area contributed by atoms with Gasteiger partial charge in [0.25, 0.3) is 0 Å². The van der Waals surface area contributed by atoms with Crippen molar-refractivity contribution in [3.63, 3.8) is 0 Å². The summed E-state index contributed by atoms with van der Waals surface area (Å²) in [7, 11) is 0. The molecule has 0 spiro atoms. The van der Waals surface area contributed by atoms with Gasteiger partial charge in [-0.15, -0.1) is 0 Å². The fourth-order valence-electron chi connectivity index (χ4n) is 2.05. The monoisotopic (exact) mass is 291 g/mol. The number of rotatable bonds is 1. The van der Waals surface area contributed by atoms with Gasteiger partial charge in [-0.25, -0.2) is 17.6 Å². The van der Waals surface area contributed by atoms with Crippen molar-refractivity contribution in [2.75, 3.05) is 0 Å². The van der Waals surface area contributed by atoms with Gasteiger partial charge in [0.1, 0.15) is 23.0 Å². The van der Waals surface area contributed by atoms with Crippen LogP contribution in [0, 0.1) is 34.6 Å². The van der Waals surface area contributed by atoms with E-state index in [0.717, 1.165) is 6.07 Å². The van der Waals surface area contributed by atoms with E-state index in [4.69, 9.17) is 9.68 Å². The van der Waals surface area contributed by atoms with Crippen molar-refractivity contribution in [3.8, 4) is 17.4 Å². The molecule has 6 heteroatoms. The number of para-hydroxylation sites is 1. The first-order valence-electron chi connectivity index (χ1n) is 5.79. The molecule has 0 radical (unpaired) electrons. The highest BCUT2D eigenvalue weighted by molar-refractivity contribution is 5.83. The summed E-state index contributed by atoms with van der Waals surface area (Å²) < 4.78 is 60.2. The van der Waals surface area contributed by atoms with Crippen molar-refractivity contribution in [3.05, 3.63) is 59.2 Å². The fraction of sp³-hybridized carbons (Fsp3) is 0. The Labute approximate surface area is 115 Å². The summed E-state index contributed by atoms with van der Waals surface area (Å²) >= 11 is 0. The van der Waals surface area contributed by atoms with Crippen molar-refractivity contribution in [2.24, 2.45) is 0 Å². The second-order valence-electron chi connectivity index (χ2n) is 4.27. The molecular formula is C15H5F4NO. The van der Waals surface area contributed by atoms with Crippen LogP contribution in [0.15, 0.2) is 34.7 Å². The largest absolute Gasteiger partial charge is 0.456 e. The molecule has 0 aliphatic heterocycles. The molecule has 3 rings (SSSR count). The molecule has 2 aromatic carbocycles. The van der Waals surface area contributed by atoms with Gasteiger partial charge in [0.2, 0.25) is 0 Å². The van der Waals surface area contributed by atoms with Gasteiger partial charge in [-0.2, -0.15) is 5.26 Å². The highest BCUT2D eigenvalue weighted by Crippen LogP contribution is 2.35. The van der Waals surface area contributed by atoms with Gasteiger partial charge >= 0.3 is 0 Å². The van der Waals surface area contributed by atoms with Crippen molar-refractivity contribution in [1.29, 1.82) is 5.26 Å². The SMILES string of the molecule is N#Cc1c(F)c(F)c(-c2cc3ccccc3o2)c(F)c1F. The summed E-state index contributed by atoms with van der Waals surface area (Å²) in [5, 5.41) is 9.06. The molecular weight excluding hydrogens is 286 g/mol. The molecule has 1 aromatic heterocycles. The summed E-state index contributed by atoms with van der Waals surface area (Å²) in [6.45, 7) is 0. The Kier molecular flexibility index (Phi) is 2.91. The minimum Gasteiger partial charge on any atom is -0.456 e. The summed E-state index contributed by atoms with van der Waals surface area (Å²) in [5.41, 5.74) is -1.96. The standard InChI is InChI=1S/C15H5F4NO/c16-12-8(6-20)13(17)15(19)11(14(12)18)10-5-7-3-1-2-4-9(7)21-10/h1-5H. The average Bonchev–Trinajstić information content (AvgIpc) is 2.89. The summed E-state index contributed by atoms with van der Waals surface area (Å²) in [6.07, 6.45) is 0. The molecule has 0 aliphatic carbocycles. The maximum absolute atomic E-state index is 13.9. The van der Waals surface area contributed by atoms with E-state index in [1.165, 1.54) is 6.07 Å². The van der Waals surface area contributed by atoms with Crippen LogP contribution in [0.3, 0.4) is 0 Å². The maximum Gasteiger partial charge on any atom is 0.180 e. The molecule has 2 nitrogen and oxygen atoms in total. The van der Waals surface area contributed by atoms with Crippen LogP contribution < -0.4 is 0 Å². The predicted molar refractivity (Wildman–Crippen MR) is 66.2 cm³/mol. The average molecular weight is 291 g/mol. The van der Waals surface area contributed by atoms with E-state index in [9.17, 15) is 17.6 Å². The first kappa shape index (κ1) is 13.2. The van der Waals surface area contributed by atoms with Gasteiger partial charge < -0.3 is 4.42 Å². The third kappa shape index (κ3) is 1.86. The topological polar surface area (TPSA) is 36.9 Å². The lowest BCUT2D eigenvalue weighted by Crippen LogP contribution is -2.03. The lowest BCUT2D eigenvalue weighted by Gasteiger charge is -2.06. The van der Waals surface area contributed by atoms with Crippen molar-refractivity contribution in [2.45, 2.75) is 0 Å². The van der Waals surface area contributed by atoms with Crippen LogP contribution >= 0.6 is 0 Å². The third-order valence-electron chi connectivity index (χ3n) is 3.05. The first-order valence-corrected chi connectivity index (χ1v) is 5.79. The number of nitriles is 1. The van der Waals surface area contributed by atoms with Crippen LogP contribution in [0.5, 0.6) is 0 Å². The molecule has 104 valence electrons. The number of halogens is 4. The van der Waals surface area contributed by atoms with Crippen molar-refractivity contribution < 1.29 is 22.0 Å². The lowest BCUT2D eigenvalue weighted by molar-refractivity contribution is 0.449. The Morgan fingerprint density at radius 1 is 0.905 bits per heavy atom. The van der Waals surface area contributed by atoms with Crippen LogP contribution in [-0.4, -0.2) is 0 Å². The van der Waals surface area contributed by atoms with Crippen LogP contribution in [0.2, 0.25) is 0 Å². The molecule has 0 N–H and O–H groups in total. The number of fused-ring (bicyclic) bond motifs is 1. The molecule has 0 saturated heterocycles. The third-order valence-corrected chi connectivity index (χ3v) is 3.05. The molecule has 0 fully saturated rings. The van der Waals surface area contributed by atoms with Crippen LogP contribution in [0.4, 0.5) is 17.6 Å². The molecule has 3 aromatic rings. The Morgan fingerprint density at radius 2 is 1.52 bits per heavy atom. The second kappa shape index (κ2) is 4.63. The molecule has 0 unspecified atom stereocenters. The number of furan rings is 1. The molecule has 21 heavy (non-hydrogen) atoms. The van der Waals surface area contributed by atoms with Crippen LogP contribution in [0.1, 0.15) is 5.56 Å². The van der Waals surface area contributed by atoms with E-state index >= 15 is 0 Å². The highest BCUT2D eigenvalue weighted by atomic mass is 19.2. The number of benzene rings is 2. The van der Waals surface area contributed by atoms with Gasteiger partial charge in [0, 0.05) is 5.39 Å². The summed E-state index contributed by atoms with van der Waals surface area (Å²) in [6, 6.07) is 8.84. The van der Waals surface area contributed by atoms with Crippen LogP contribution in [-0.2, 0) is 0 Å². The second-order valence-corrected chi connectivity index (χ2v) is 4.27. The highest BCUT2D eigenvalue weighted by Gasteiger charge is 2.28. The molecule has 0 atom stereocenters. The van der Waals surface area contributed by atoms with Gasteiger partial charge in [0.05, 0.1) is 5.56 Å². The predicted octanol–water partition coefficient (Wildman–Crippen LogP) is 4.53. The van der Waals surface area contributed by atoms with E-state index in [-0.39, 0.29) is 5.76 Å². The van der Waals surface area contributed by atoms with Gasteiger partial charge in [0.15, 0.2) is 23.3 Å². The quantitative estimate of drug-likeness (QED) is 0.488. The lowest BCUT2D eigenvalue weighted by atomic mass is 10.1.